The highest BCUT2D eigenvalue weighted by Crippen LogP contribution is 2.62. The number of anilines is 1. The Bertz CT molecular complexity index is 1790. The molecule has 8 rings (SSSR count). The third-order valence-corrected chi connectivity index (χ3v) is 12.5. The van der Waals surface area contributed by atoms with Crippen molar-refractivity contribution in [2.75, 3.05) is 44.7 Å². The lowest BCUT2D eigenvalue weighted by atomic mass is 9.44. The van der Waals surface area contributed by atoms with Crippen molar-refractivity contribution in [1.29, 1.82) is 5.41 Å². The van der Waals surface area contributed by atoms with E-state index in [4.69, 9.17) is 9.72 Å². The molecular weight excluding hydrogens is 643 g/mol. The van der Waals surface area contributed by atoms with Crippen molar-refractivity contribution in [2.24, 2.45) is 23.2 Å². The Morgan fingerprint density at radius 1 is 1.14 bits per heavy atom. The van der Waals surface area contributed by atoms with Crippen LogP contribution in [0.1, 0.15) is 63.8 Å². The molecule has 3 saturated carbocycles. The molecule has 2 bridgehead atoms. The van der Waals surface area contributed by atoms with Gasteiger partial charge in [-0.3, -0.25) is 14.8 Å². The number of halogens is 3. The van der Waals surface area contributed by atoms with Gasteiger partial charge in [0.1, 0.15) is 17.4 Å². The summed E-state index contributed by atoms with van der Waals surface area (Å²) in [5.41, 5.74) is 1.89. The molecule has 50 heavy (non-hydrogen) atoms. The number of rotatable bonds is 8. The highest BCUT2D eigenvalue weighted by molar-refractivity contribution is 5.97. The quantitative estimate of drug-likeness (QED) is 0.209. The number of fused-ring (bicyclic) bond motifs is 3. The standard InChI is InChI=1S/C38H50F3N7O2/c1-22-29-17-25(38(29,2)3)18-33(22)48(37(42)46-16-14-44-32(21-46)34(40)41)26-6-8-28-31(19-26)45-35(24-9-12-43-13-10-24)47(36(28)49)15-11-23-5-7-27(50-4)20-30(23)39/h5-8,19-20,22,24-25,29,32-34,42-44H,9-18,21H2,1-4H3/t22-,25+,29-,32+,33-/m0/s1. The third kappa shape index (κ3) is 6.27. The van der Waals surface area contributed by atoms with Gasteiger partial charge in [0.25, 0.3) is 12.0 Å². The number of benzene rings is 2. The Labute approximate surface area is 292 Å². The Morgan fingerprint density at radius 2 is 1.92 bits per heavy atom. The summed E-state index contributed by atoms with van der Waals surface area (Å²) in [6.07, 6.45) is 1.54. The predicted octanol–water partition coefficient (Wildman–Crippen LogP) is 5.60. The van der Waals surface area contributed by atoms with Gasteiger partial charge in [-0.1, -0.05) is 26.8 Å². The number of methoxy groups -OCH3 is 1. The molecule has 3 aromatic rings. The summed E-state index contributed by atoms with van der Waals surface area (Å²) >= 11 is 0. The lowest BCUT2D eigenvalue weighted by Crippen LogP contribution is -2.65. The van der Waals surface area contributed by atoms with E-state index in [-0.39, 0.29) is 53.7 Å². The normalized spacial score (nSPS) is 26.6. The average Bonchev–Trinajstić information content (AvgIpc) is 3.12. The lowest BCUT2D eigenvalue weighted by molar-refractivity contribution is -0.108. The van der Waals surface area contributed by atoms with E-state index in [0.29, 0.717) is 59.4 Å². The van der Waals surface area contributed by atoms with E-state index in [1.807, 2.05) is 12.1 Å². The number of alkyl halides is 2. The zero-order chi connectivity index (χ0) is 35.3. The molecule has 2 aromatic carbocycles. The van der Waals surface area contributed by atoms with Crippen LogP contribution in [0, 0.1) is 34.4 Å². The maximum Gasteiger partial charge on any atom is 0.261 e. The van der Waals surface area contributed by atoms with Crippen LogP contribution in [0.25, 0.3) is 10.9 Å². The molecule has 1 aromatic heterocycles. The molecular formula is C38H50F3N7O2. The minimum Gasteiger partial charge on any atom is -0.497 e. The highest BCUT2D eigenvalue weighted by atomic mass is 19.3. The number of hydrogen-bond acceptors (Lipinski definition) is 6. The minimum absolute atomic E-state index is 0.0141. The summed E-state index contributed by atoms with van der Waals surface area (Å²) < 4.78 is 49.5. The maximum absolute atomic E-state index is 14.9. The van der Waals surface area contributed by atoms with Gasteiger partial charge in [0.15, 0.2) is 5.96 Å². The fourth-order valence-corrected chi connectivity index (χ4v) is 9.30. The van der Waals surface area contributed by atoms with E-state index in [9.17, 15) is 23.4 Å². The van der Waals surface area contributed by atoms with E-state index in [0.717, 1.165) is 38.0 Å². The van der Waals surface area contributed by atoms with Gasteiger partial charge in [-0.15, -0.1) is 0 Å². The van der Waals surface area contributed by atoms with Gasteiger partial charge in [0, 0.05) is 49.9 Å². The van der Waals surface area contributed by atoms with Gasteiger partial charge < -0.3 is 25.2 Å². The predicted molar refractivity (Wildman–Crippen MR) is 190 cm³/mol. The summed E-state index contributed by atoms with van der Waals surface area (Å²) in [6, 6.07) is 9.42. The van der Waals surface area contributed by atoms with Gasteiger partial charge in [-0.25, -0.2) is 18.2 Å². The molecule has 3 aliphatic carbocycles. The topological polar surface area (TPSA) is 98.5 Å². The summed E-state index contributed by atoms with van der Waals surface area (Å²) in [5.74, 6) is 2.37. The van der Waals surface area contributed by atoms with Gasteiger partial charge in [-0.2, -0.15) is 0 Å². The Kier molecular flexibility index (Phi) is 9.62. The molecule has 2 saturated heterocycles. The van der Waals surface area contributed by atoms with Crippen LogP contribution in [0.4, 0.5) is 18.9 Å². The number of aromatic nitrogens is 2. The van der Waals surface area contributed by atoms with Gasteiger partial charge in [0.2, 0.25) is 0 Å². The van der Waals surface area contributed by atoms with Crippen LogP contribution in [0.15, 0.2) is 41.2 Å². The van der Waals surface area contributed by atoms with Crippen LogP contribution >= 0.6 is 0 Å². The zero-order valence-corrected chi connectivity index (χ0v) is 29.5. The van der Waals surface area contributed by atoms with Crippen LogP contribution < -0.4 is 25.8 Å². The largest absolute Gasteiger partial charge is 0.497 e. The first-order chi connectivity index (χ1) is 24.0. The van der Waals surface area contributed by atoms with Crippen LogP contribution in [-0.4, -0.2) is 78.8 Å². The second kappa shape index (κ2) is 13.8. The van der Waals surface area contributed by atoms with Crippen molar-refractivity contribution in [3.05, 3.63) is 64.0 Å². The Morgan fingerprint density at radius 3 is 2.60 bits per heavy atom. The van der Waals surface area contributed by atoms with E-state index in [1.54, 1.807) is 27.7 Å². The van der Waals surface area contributed by atoms with Crippen LogP contribution in [0.5, 0.6) is 5.75 Å². The number of nitrogens with zero attached hydrogens (tertiary/aromatic N) is 4. The van der Waals surface area contributed by atoms with Crippen LogP contribution in [0.2, 0.25) is 0 Å². The number of piperidine rings is 1. The molecule has 3 heterocycles. The molecule has 270 valence electrons. The second-order valence-electron chi connectivity index (χ2n) is 15.4. The molecule has 0 amide bonds. The number of ether oxygens (including phenoxy) is 1. The fourth-order valence-electron chi connectivity index (χ4n) is 9.30. The van der Waals surface area contributed by atoms with Crippen molar-refractivity contribution in [1.82, 2.24) is 25.1 Å². The van der Waals surface area contributed by atoms with Crippen LogP contribution in [0.3, 0.4) is 0 Å². The summed E-state index contributed by atoms with van der Waals surface area (Å²) in [5, 5.41) is 16.3. The van der Waals surface area contributed by atoms with Gasteiger partial charge >= 0.3 is 0 Å². The average molecular weight is 694 g/mol. The van der Waals surface area contributed by atoms with E-state index < -0.39 is 12.5 Å². The Hall–Kier alpha value is -3.64. The molecule has 2 aliphatic heterocycles. The first-order valence-electron chi connectivity index (χ1n) is 18.2. The minimum atomic E-state index is -2.53. The molecule has 0 spiro atoms. The van der Waals surface area contributed by atoms with Gasteiger partial charge in [0.05, 0.1) is 24.1 Å². The molecule has 9 nitrogen and oxygen atoms in total. The summed E-state index contributed by atoms with van der Waals surface area (Å²) in [4.78, 5) is 23.3. The van der Waals surface area contributed by atoms with Crippen molar-refractivity contribution in [2.45, 2.75) is 83.8 Å². The molecule has 3 N–H and O–H groups in total. The zero-order valence-electron chi connectivity index (χ0n) is 29.5. The van der Waals surface area contributed by atoms with Crippen LogP contribution in [-0.2, 0) is 13.0 Å². The number of guanidine groups is 1. The number of aryl methyl sites for hydroxylation is 1. The maximum atomic E-state index is 14.9. The van der Waals surface area contributed by atoms with E-state index in [2.05, 4.69) is 36.3 Å². The number of hydrogen-bond donors (Lipinski definition) is 3. The van der Waals surface area contributed by atoms with Crippen molar-refractivity contribution >= 4 is 22.5 Å². The molecule has 5 atom stereocenters. The monoisotopic (exact) mass is 693 g/mol. The third-order valence-electron chi connectivity index (χ3n) is 12.5. The summed E-state index contributed by atoms with van der Waals surface area (Å²) in [7, 11) is 1.50. The van der Waals surface area contributed by atoms with E-state index in [1.165, 1.54) is 19.6 Å². The molecule has 5 fully saturated rings. The molecule has 0 radical (unpaired) electrons. The van der Waals surface area contributed by atoms with Crippen molar-refractivity contribution in [3.63, 3.8) is 0 Å². The SMILES string of the molecule is COc1ccc(CCn2c(C3CCNCC3)nc3cc(N(C(=N)N4CCN[C@@H](C(F)F)C4)[C@H]4C[C@H]5C[C@@H]([C@@H]4C)C5(C)C)ccc3c2=O)c(F)c1. The first kappa shape index (κ1) is 34.8. The number of piperazine rings is 1. The smallest absolute Gasteiger partial charge is 0.261 e. The van der Waals surface area contributed by atoms with Gasteiger partial charge in [-0.05, 0) is 98.2 Å². The fraction of sp³-hybridized carbons (Fsp3) is 0.605. The first-order valence-corrected chi connectivity index (χ1v) is 18.2. The highest BCUT2D eigenvalue weighted by Gasteiger charge is 2.58. The Balaban J connectivity index is 1.28. The molecule has 0 unspecified atom stereocenters. The molecule has 12 heteroatoms. The number of nitrogens with one attached hydrogen (secondary N) is 3. The second-order valence-corrected chi connectivity index (χ2v) is 15.4. The summed E-state index contributed by atoms with van der Waals surface area (Å²) in [6.45, 7) is 9.77. The van der Waals surface area contributed by atoms with Crippen molar-refractivity contribution < 1.29 is 17.9 Å². The lowest BCUT2D eigenvalue weighted by Gasteiger charge is -2.63. The van der Waals surface area contributed by atoms with E-state index >= 15 is 0 Å². The molecule has 5 aliphatic rings. The van der Waals surface area contributed by atoms with Crippen molar-refractivity contribution in [3.8, 4) is 5.75 Å².